The molecule has 24 heavy (non-hydrogen) atoms. The first kappa shape index (κ1) is 17.2. The molecule has 2 atom stereocenters. The third kappa shape index (κ3) is 4.08. The second kappa shape index (κ2) is 8.49. The van der Waals surface area contributed by atoms with Gasteiger partial charge in [0.25, 0.3) is 5.91 Å². The van der Waals surface area contributed by atoms with Crippen LogP contribution in [0, 0.1) is 0 Å². The van der Waals surface area contributed by atoms with Crippen LogP contribution in [0.15, 0.2) is 24.3 Å². The van der Waals surface area contributed by atoms with Gasteiger partial charge in [0.1, 0.15) is 12.4 Å². The van der Waals surface area contributed by atoms with E-state index in [-0.39, 0.29) is 5.91 Å². The lowest BCUT2D eigenvalue weighted by Crippen LogP contribution is -2.46. The van der Waals surface area contributed by atoms with Crippen LogP contribution in [0.2, 0.25) is 0 Å². The molecule has 5 nitrogen and oxygen atoms in total. The minimum atomic E-state index is 0.147. The van der Waals surface area contributed by atoms with Gasteiger partial charge >= 0.3 is 0 Å². The van der Waals surface area contributed by atoms with Crippen molar-refractivity contribution in [2.75, 3.05) is 33.4 Å². The number of ether oxygens (including phenoxy) is 2. The summed E-state index contributed by atoms with van der Waals surface area (Å²) in [6, 6.07) is 8.28. The molecule has 2 heterocycles. The number of hydrogen-bond donors (Lipinski definition) is 1. The monoisotopic (exact) mass is 332 g/mol. The van der Waals surface area contributed by atoms with Gasteiger partial charge in [0.05, 0.1) is 6.61 Å². The van der Waals surface area contributed by atoms with Crippen molar-refractivity contribution in [2.45, 2.75) is 44.2 Å². The number of carbonyl (C=O) groups is 1. The number of hydrogen-bond acceptors (Lipinski definition) is 4. The van der Waals surface area contributed by atoms with Crippen LogP contribution in [0.3, 0.4) is 0 Å². The summed E-state index contributed by atoms with van der Waals surface area (Å²) in [6.45, 7) is 3.01. The minimum Gasteiger partial charge on any atom is -0.491 e. The summed E-state index contributed by atoms with van der Waals surface area (Å²) < 4.78 is 10.5. The molecule has 0 aromatic heterocycles. The van der Waals surface area contributed by atoms with Crippen LogP contribution >= 0.6 is 0 Å². The van der Waals surface area contributed by atoms with Crippen LogP contribution < -0.4 is 10.1 Å². The molecule has 0 radical (unpaired) electrons. The second-order valence-corrected chi connectivity index (χ2v) is 6.63. The van der Waals surface area contributed by atoms with E-state index in [1.54, 1.807) is 7.11 Å². The Morgan fingerprint density at radius 2 is 2.00 bits per heavy atom. The predicted molar refractivity (Wildman–Crippen MR) is 93.5 cm³/mol. The molecule has 0 aliphatic carbocycles. The first-order valence-corrected chi connectivity index (χ1v) is 9.06. The molecule has 2 aliphatic rings. The number of nitrogens with zero attached hydrogens (tertiary/aromatic N) is 1. The van der Waals surface area contributed by atoms with Gasteiger partial charge in [-0.1, -0.05) is 12.8 Å². The highest BCUT2D eigenvalue weighted by atomic mass is 16.5. The van der Waals surface area contributed by atoms with E-state index < -0.39 is 0 Å². The molecule has 5 heteroatoms. The van der Waals surface area contributed by atoms with Gasteiger partial charge in [-0.25, -0.2) is 0 Å². The van der Waals surface area contributed by atoms with Gasteiger partial charge < -0.3 is 19.7 Å². The van der Waals surface area contributed by atoms with Crippen molar-refractivity contribution in [3.8, 4) is 5.75 Å². The van der Waals surface area contributed by atoms with Crippen molar-refractivity contribution in [3.63, 3.8) is 0 Å². The van der Waals surface area contributed by atoms with Crippen molar-refractivity contribution in [1.82, 2.24) is 10.2 Å². The maximum absolute atomic E-state index is 12.9. The zero-order chi connectivity index (χ0) is 16.8. The van der Waals surface area contributed by atoms with E-state index in [0.717, 1.165) is 37.2 Å². The van der Waals surface area contributed by atoms with E-state index in [1.165, 1.54) is 19.3 Å². The lowest BCUT2D eigenvalue weighted by atomic mass is 9.99. The fourth-order valence-electron chi connectivity index (χ4n) is 3.75. The standard InChI is InChI=1S/C19H28N2O3/c1-23-13-14-24-16-8-6-15(7-9-16)19(22)21-12-10-17-18(21)5-3-2-4-11-20-17/h6-9,17-18,20H,2-5,10-14H2,1H3/t17-,18-/m1/s1. The number of nitrogens with one attached hydrogen (secondary N) is 1. The molecule has 2 aliphatic heterocycles. The van der Waals surface area contributed by atoms with Crippen molar-refractivity contribution in [3.05, 3.63) is 29.8 Å². The van der Waals surface area contributed by atoms with Crippen molar-refractivity contribution < 1.29 is 14.3 Å². The van der Waals surface area contributed by atoms with Gasteiger partial charge in [0.2, 0.25) is 0 Å². The van der Waals surface area contributed by atoms with Crippen LogP contribution in [-0.4, -0.2) is 56.3 Å². The van der Waals surface area contributed by atoms with Crippen LogP contribution in [0.25, 0.3) is 0 Å². The van der Waals surface area contributed by atoms with Gasteiger partial charge in [-0.15, -0.1) is 0 Å². The highest BCUT2D eigenvalue weighted by molar-refractivity contribution is 5.94. The average molecular weight is 332 g/mol. The van der Waals surface area contributed by atoms with E-state index in [2.05, 4.69) is 10.2 Å². The van der Waals surface area contributed by atoms with Gasteiger partial charge in [0.15, 0.2) is 0 Å². The summed E-state index contributed by atoms with van der Waals surface area (Å²) in [6.07, 6.45) is 5.91. The third-order valence-electron chi connectivity index (χ3n) is 5.05. The molecule has 2 saturated heterocycles. The number of benzene rings is 1. The predicted octanol–water partition coefficient (Wildman–Crippen LogP) is 2.46. The Kier molecular flexibility index (Phi) is 6.10. The Morgan fingerprint density at radius 3 is 2.79 bits per heavy atom. The largest absolute Gasteiger partial charge is 0.491 e. The van der Waals surface area contributed by atoms with Gasteiger partial charge in [-0.3, -0.25) is 4.79 Å². The van der Waals surface area contributed by atoms with Crippen LogP contribution in [0.1, 0.15) is 42.5 Å². The summed E-state index contributed by atoms with van der Waals surface area (Å²) in [4.78, 5) is 15.0. The fraction of sp³-hybridized carbons (Fsp3) is 0.632. The maximum atomic E-state index is 12.9. The van der Waals surface area contributed by atoms with Crippen molar-refractivity contribution >= 4 is 5.91 Å². The van der Waals surface area contributed by atoms with Gasteiger partial charge in [-0.2, -0.15) is 0 Å². The first-order valence-electron chi connectivity index (χ1n) is 9.06. The molecule has 3 rings (SSSR count). The van der Waals surface area contributed by atoms with Crippen LogP contribution in [0.4, 0.5) is 0 Å². The van der Waals surface area contributed by atoms with Gasteiger partial charge in [-0.05, 0) is 50.1 Å². The number of amides is 1. The molecule has 0 unspecified atom stereocenters. The normalized spacial score (nSPS) is 24.1. The molecule has 1 aromatic carbocycles. The average Bonchev–Trinajstić information content (AvgIpc) is 2.96. The lowest BCUT2D eigenvalue weighted by molar-refractivity contribution is 0.0713. The summed E-state index contributed by atoms with van der Waals surface area (Å²) in [5, 5.41) is 3.63. The number of carbonyl (C=O) groups excluding carboxylic acids is 1. The molecule has 0 saturated carbocycles. The zero-order valence-corrected chi connectivity index (χ0v) is 14.5. The molecule has 0 spiro atoms. The Bertz CT molecular complexity index is 532. The molecule has 0 bridgehead atoms. The van der Waals surface area contributed by atoms with E-state index in [1.807, 2.05) is 24.3 Å². The minimum absolute atomic E-state index is 0.147. The summed E-state index contributed by atoms with van der Waals surface area (Å²) in [5.41, 5.74) is 0.747. The highest BCUT2D eigenvalue weighted by Crippen LogP contribution is 2.27. The van der Waals surface area contributed by atoms with E-state index in [9.17, 15) is 4.79 Å². The number of rotatable bonds is 5. The number of likely N-dealkylation sites (tertiary alicyclic amines) is 1. The SMILES string of the molecule is COCCOc1ccc(C(=O)N2CC[C@H]3NCCCCC[C@H]32)cc1. The molecule has 2 fully saturated rings. The quantitative estimate of drug-likeness (QED) is 0.842. The van der Waals surface area contributed by atoms with E-state index in [0.29, 0.717) is 25.3 Å². The summed E-state index contributed by atoms with van der Waals surface area (Å²) in [5.74, 6) is 0.920. The molecular formula is C19H28N2O3. The van der Waals surface area contributed by atoms with Crippen LogP contribution in [-0.2, 0) is 4.74 Å². The van der Waals surface area contributed by atoms with Crippen LogP contribution in [0.5, 0.6) is 5.75 Å². The zero-order valence-electron chi connectivity index (χ0n) is 14.5. The van der Waals surface area contributed by atoms with Crippen molar-refractivity contribution in [1.29, 1.82) is 0 Å². The summed E-state index contributed by atoms with van der Waals surface area (Å²) in [7, 11) is 1.65. The van der Waals surface area contributed by atoms with Crippen molar-refractivity contribution in [2.24, 2.45) is 0 Å². The highest BCUT2D eigenvalue weighted by Gasteiger charge is 2.37. The second-order valence-electron chi connectivity index (χ2n) is 6.63. The Morgan fingerprint density at radius 1 is 1.17 bits per heavy atom. The smallest absolute Gasteiger partial charge is 0.254 e. The number of methoxy groups -OCH3 is 1. The molecule has 1 amide bonds. The maximum Gasteiger partial charge on any atom is 0.254 e. The molecule has 1 aromatic rings. The van der Waals surface area contributed by atoms with E-state index >= 15 is 0 Å². The Hall–Kier alpha value is -1.59. The van der Waals surface area contributed by atoms with Gasteiger partial charge in [0, 0.05) is 31.3 Å². The summed E-state index contributed by atoms with van der Waals surface area (Å²) >= 11 is 0. The Labute approximate surface area is 144 Å². The Balaban J connectivity index is 1.62. The molecule has 1 N–H and O–H groups in total. The topological polar surface area (TPSA) is 50.8 Å². The third-order valence-corrected chi connectivity index (χ3v) is 5.05. The van der Waals surface area contributed by atoms with E-state index in [4.69, 9.17) is 9.47 Å². The number of fused-ring (bicyclic) bond motifs is 1. The molecule has 132 valence electrons. The first-order chi connectivity index (χ1) is 11.8. The lowest BCUT2D eigenvalue weighted by Gasteiger charge is -2.30. The molecular weight excluding hydrogens is 304 g/mol. The fourth-order valence-corrected chi connectivity index (χ4v) is 3.75.